The molecule has 0 aliphatic rings. The van der Waals surface area contributed by atoms with Gasteiger partial charge >= 0.3 is 0 Å². The van der Waals surface area contributed by atoms with Gasteiger partial charge in [-0.15, -0.1) is 0 Å². The molecule has 0 aliphatic heterocycles. The van der Waals surface area contributed by atoms with Gasteiger partial charge in [0.25, 0.3) is 5.91 Å². The molecule has 1 N–H and O–H groups in total. The van der Waals surface area contributed by atoms with Crippen LogP contribution in [-0.2, 0) is 12.0 Å². The number of nitrogens with zero attached hydrogens (tertiary/aromatic N) is 2. The van der Waals surface area contributed by atoms with E-state index in [-0.39, 0.29) is 17.9 Å². The van der Waals surface area contributed by atoms with E-state index in [4.69, 9.17) is 9.26 Å². The summed E-state index contributed by atoms with van der Waals surface area (Å²) in [5.41, 5.74) is 2.45. The van der Waals surface area contributed by atoms with Crippen LogP contribution < -0.4 is 10.1 Å². The third-order valence-corrected chi connectivity index (χ3v) is 4.07. The molecule has 0 aliphatic carbocycles. The second-order valence-electron chi connectivity index (χ2n) is 7.30. The number of ether oxygens (including phenoxy) is 1. The Kier molecular flexibility index (Phi) is 5.26. The molecule has 0 atom stereocenters. The summed E-state index contributed by atoms with van der Waals surface area (Å²) in [6.45, 7) is 8.29. The highest BCUT2D eigenvalue weighted by Crippen LogP contribution is 2.25. The number of hydrogen-bond acceptors (Lipinski definition) is 5. The van der Waals surface area contributed by atoms with Crippen molar-refractivity contribution in [2.45, 2.75) is 39.7 Å². The average Bonchev–Trinajstić information content (AvgIpc) is 3.05. The van der Waals surface area contributed by atoms with Gasteiger partial charge in [-0.05, 0) is 35.2 Å². The monoisotopic (exact) mass is 365 g/mol. The van der Waals surface area contributed by atoms with Crippen molar-refractivity contribution in [3.8, 4) is 5.75 Å². The Bertz CT molecular complexity index is 924. The number of aryl methyl sites for hydroxylation is 1. The Hall–Kier alpha value is -3.15. The first kappa shape index (κ1) is 18.6. The van der Waals surface area contributed by atoms with E-state index in [1.807, 2.05) is 30.3 Å². The van der Waals surface area contributed by atoms with Gasteiger partial charge in [-0.3, -0.25) is 4.79 Å². The SMILES string of the molecule is Cc1nc(COc2ccccc2C(=O)Nc2ccc(C(C)(C)C)cc2)no1. The maximum absolute atomic E-state index is 12.7. The molecule has 0 unspecified atom stereocenters. The van der Waals surface area contributed by atoms with Crippen LogP contribution in [0.3, 0.4) is 0 Å². The zero-order valence-corrected chi connectivity index (χ0v) is 15.9. The topological polar surface area (TPSA) is 77.2 Å². The Balaban J connectivity index is 1.71. The van der Waals surface area contributed by atoms with Crippen molar-refractivity contribution < 1.29 is 14.1 Å². The maximum atomic E-state index is 12.7. The van der Waals surface area contributed by atoms with Crippen LogP contribution in [0, 0.1) is 6.92 Å². The molecule has 0 fully saturated rings. The Morgan fingerprint density at radius 3 is 2.44 bits per heavy atom. The molecule has 140 valence electrons. The lowest BCUT2D eigenvalue weighted by molar-refractivity contribution is 0.102. The minimum absolute atomic E-state index is 0.0660. The first-order valence-corrected chi connectivity index (χ1v) is 8.76. The van der Waals surface area contributed by atoms with Gasteiger partial charge in [0.15, 0.2) is 6.61 Å². The first-order valence-electron chi connectivity index (χ1n) is 8.76. The molecule has 0 bridgehead atoms. The summed E-state index contributed by atoms with van der Waals surface area (Å²) in [6.07, 6.45) is 0. The molecule has 1 amide bonds. The fourth-order valence-corrected chi connectivity index (χ4v) is 2.57. The number of anilines is 1. The molecule has 6 heteroatoms. The number of benzene rings is 2. The molecule has 3 rings (SSSR count). The standard InChI is InChI=1S/C21H23N3O3/c1-14-22-19(24-27-14)13-26-18-8-6-5-7-17(18)20(25)23-16-11-9-15(10-12-16)21(2,3)4/h5-12H,13H2,1-4H3,(H,23,25). The van der Waals surface area contributed by atoms with Crippen LogP contribution in [0.1, 0.15) is 48.4 Å². The summed E-state index contributed by atoms with van der Waals surface area (Å²) in [5.74, 6) is 1.13. The number of aromatic nitrogens is 2. The molecule has 2 aromatic carbocycles. The van der Waals surface area contributed by atoms with E-state index in [1.165, 1.54) is 5.56 Å². The van der Waals surface area contributed by atoms with E-state index >= 15 is 0 Å². The van der Waals surface area contributed by atoms with E-state index in [1.54, 1.807) is 25.1 Å². The van der Waals surface area contributed by atoms with Crippen LogP contribution >= 0.6 is 0 Å². The van der Waals surface area contributed by atoms with E-state index in [2.05, 4.69) is 36.2 Å². The highest BCUT2D eigenvalue weighted by atomic mass is 16.5. The van der Waals surface area contributed by atoms with Crippen molar-refractivity contribution in [2.75, 3.05) is 5.32 Å². The number of hydrogen-bond donors (Lipinski definition) is 1. The Labute approximate surface area is 158 Å². The lowest BCUT2D eigenvalue weighted by atomic mass is 9.87. The minimum atomic E-state index is -0.238. The summed E-state index contributed by atoms with van der Waals surface area (Å²) < 4.78 is 10.6. The fourth-order valence-electron chi connectivity index (χ4n) is 2.57. The van der Waals surface area contributed by atoms with Crippen molar-refractivity contribution in [3.05, 3.63) is 71.4 Å². The molecule has 0 radical (unpaired) electrons. The summed E-state index contributed by atoms with van der Waals surface area (Å²) in [4.78, 5) is 16.8. The van der Waals surface area contributed by atoms with E-state index in [0.717, 1.165) is 5.69 Å². The second-order valence-corrected chi connectivity index (χ2v) is 7.30. The number of amides is 1. The maximum Gasteiger partial charge on any atom is 0.259 e. The highest BCUT2D eigenvalue weighted by molar-refractivity contribution is 6.06. The van der Waals surface area contributed by atoms with E-state index in [9.17, 15) is 4.79 Å². The molecule has 1 aromatic heterocycles. The number of carbonyl (C=O) groups is 1. The molecule has 0 saturated heterocycles. The Morgan fingerprint density at radius 1 is 1.11 bits per heavy atom. The molecule has 3 aromatic rings. The van der Waals surface area contributed by atoms with Crippen LogP contribution in [0.4, 0.5) is 5.69 Å². The molecule has 0 saturated carbocycles. The number of rotatable bonds is 5. The Morgan fingerprint density at radius 2 is 1.81 bits per heavy atom. The van der Waals surface area contributed by atoms with Gasteiger partial charge in [-0.25, -0.2) is 0 Å². The minimum Gasteiger partial charge on any atom is -0.485 e. The van der Waals surface area contributed by atoms with Crippen LogP contribution in [0.15, 0.2) is 53.1 Å². The summed E-state index contributed by atoms with van der Waals surface area (Å²) >= 11 is 0. The van der Waals surface area contributed by atoms with Gasteiger partial charge < -0.3 is 14.6 Å². The summed E-state index contributed by atoms with van der Waals surface area (Å²) in [6, 6.07) is 14.9. The molecule has 1 heterocycles. The van der Waals surface area contributed by atoms with Crippen molar-refractivity contribution in [1.29, 1.82) is 0 Å². The van der Waals surface area contributed by atoms with Crippen LogP contribution in [0.2, 0.25) is 0 Å². The summed E-state index contributed by atoms with van der Waals surface area (Å²) in [7, 11) is 0. The molecule has 27 heavy (non-hydrogen) atoms. The first-order chi connectivity index (χ1) is 12.8. The smallest absolute Gasteiger partial charge is 0.259 e. The third-order valence-electron chi connectivity index (χ3n) is 4.07. The predicted molar refractivity (Wildman–Crippen MR) is 103 cm³/mol. The van der Waals surface area contributed by atoms with Gasteiger partial charge in [-0.2, -0.15) is 4.98 Å². The quantitative estimate of drug-likeness (QED) is 0.720. The molecule has 0 spiro atoms. The van der Waals surface area contributed by atoms with Gasteiger partial charge in [0.1, 0.15) is 5.75 Å². The molecular formula is C21H23N3O3. The largest absolute Gasteiger partial charge is 0.485 e. The van der Waals surface area contributed by atoms with Gasteiger partial charge in [0.2, 0.25) is 11.7 Å². The van der Waals surface area contributed by atoms with Gasteiger partial charge in [0, 0.05) is 12.6 Å². The highest BCUT2D eigenvalue weighted by Gasteiger charge is 2.15. The van der Waals surface area contributed by atoms with Crippen molar-refractivity contribution in [2.24, 2.45) is 0 Å². The third kappa shape index (κ3) is 4.73. The molecule has 6 nitrogen and oxygen atoms in total. The number of carbonyl (C=O) groups excluding carboxylic acids is 1. The van der Waals surface area contributed by atoms with Crippen molar-refractivity contribution >= 4 is 11.6 Å². The van der Waals surface area contributed by atoms with Gasteiger partial charge in [-0.1, -0.05) is 50.2 Å². The average molecular weight is 365 g/mol. The van der Waals surface area contributed by atoms with E-state index < -0.39 is 0 Å². The zero-order valence-electron chi connectivity index (χ0n) is 15.9. The number of nitrogens with one attached hydrogen (secondary N) is 1. The predicted octanol–water partition coefficient (Wildman–Crippen LogP) is 4.51. The normalized spacial score (nSPS) is 11.3. The number of para-hydroxylation sites is 1. The second kappa shape index (κ2) is 7.61. The zero-order chi connectivity index (χ0) is 19.4. The van der Waals surface area contributed by atoms with Crippen molar-refractivity contribution in [1.82, 2.24) is 10.1 Å². The van der Waals surface area contributed by atoms with E-state index in [0.29, 0.717) is 23.0 Å². The molecular weight excluding hydrogens is 342 g/mol. The van der Waals surface area contributed by atoms with Crippen molar-refractivity contribution in [3.63, 3.8) is 0 Å². The van der Waals surface area contributed by atoms with Crippen LogP contribution in [0.5, 0.6) is 5.75 Å². The summed E-state index contributed by atoms with van der Waals surface area (Å²) in [5, 5.41) is 6.70. The van der Waals surface area contributed by atoms with Crippen LogP contribution in [0.25, 0.3) is 0 Å². The lowest BCUT2D eigenvalue weighted by Gasteiger charge is -2.19. The lowest BCUT2D eigenvalue weighted by Crippen LogP contribution is -2.15. The fraction of sp³-hybridized carbons (Fsp3) is 0.286. The van der Waals surface area contributed by atoms with Gasteiger partial charge in [0.05, 0.1) is 5.56 Å². The van der Waals surface area contributed by atoms with Crippen LogP contribution in [-0.4, -0.2) is 16.0 Å².